The number of benzene rings is 1. The summed E-state index contributed by atoms with van der Waals surface area (Å²) >= 11 is -1.67. The zero-order valence-corrected chi connectivity index (χ0v) is 17.3. The molecule has 4 rings (SSSR count). The molecule has 1 aromatic carbocycles. The van der Waals surface area contributed by atoms with Gasteiger partial charge in [0.1, 0.15) is 17.2 Å². The standard InChI is InChI=1S/C21H18N2O8S/c24-15(8-11-4-2-1-3-5-11)22-16-18(25)23-17(21(28)29)12(10-32(30)19(16)23)9-13-6-7-14(31-13)20(26)27/h1-7,16,19H,8-10H2,(H,22,24)(H,26,27)(H,28,29)/t16-,19+,32?/m1/s1. The Morgan fingerprint density at radius 1 is 1.12 bits per heavy atom. The van der Waals surface area contributed by atoms with Crippen LogP contribution < -0.4 is 5.32 Å². The number of fused-ring (bicyclic) bond motifs is 1. The number of furan rings is 1. The number of rotatable bonds is 7. The van der Waals surface area contributed by atoms with Crippen molar-refractivity contribution in [3.63, 3.8) is 0 Å². The van der Waals surface area contributed by atoms with Gasteiger partial charge in [-0.2, -0.15) is 0 Å². The van der Waals surface area contributed by atoms with E-state index in [2.05, 4.69) is 5.32 Å². The average molecular weight is 458 g/mol. The van der Waals surface area contributed by atoms with Crippen molar-refractivity contribution in [2.45, 2.75) is 24.3 Å². The minimum atomic E-state index is -1.67. The number of hydrogen-bond donors (Lipinski definition) is 3. The molecule has 10 nitrogen and oxygen atoms in total. The van der Waals surface area contributed by atoms with Gasteiger partial charge >= 0.3 is 11.9 Å². The number of carboxylic acids is 2. The molecule has 3 N–H and O–H groups in total. The number of carbonyl (C=O) groups excluding carboxylic acids is 2. The van der Waals surface area contributed by atoms with Crippen molar-refractivity contribution in [1.29, 1.82) is 0 Å². The number of nitrogens with one attached hydrogen (secondary N) is 1. The second-order valence-electron chi connectivity index (χ2n) is 7.34. The molecular weight excluding hydrogens is 440 g/mol. The summed E-state index contributed by atoms with van der Waals surface area (Å²) in [7, 11) is 0. The molecule has 0 spiro atoms. The Morgan fingerprint density at radius 2 is 1.84 bits per heavy atom. The summed E-state index contributed by atoms with van der Waals surface area (Å²) in [5, 5.41) is 20.3. The van der Waals surface area contributed by atoms with E-state index in [0.717, 1.165) is 10.5 Å². The molecule has 0 saturated carbocycles. The Labute approximate surface area is 184 Å². The van der Waals surface area contributed by atoms with Crippen molar-refractivity contribution in [3.05, 3.63) is 70.8 Å². The summed E-state index contributed by atoms with van der Waals surface area (Å²) in [4.78, 5) is 48.9. The van der Waals surface area contributed by atoms with Crippen molar-refractivity contribution >= 4 is 34.9 Å². The zero-order chi connectivity index (χ0) is 23.0. The highest BCUT2D eigenvalue weighted by Crippen LogP contribution is 2.37. The quantitative estimate of drug-likeness (QED) is 0.400. The van der Waals surface area contributed by atoms with Crippen LogP contribution in [0.25, 0.3) is 0 Å². The third-order valence-corrected chi connectivity index (χ3v) is 6.85. The zero-order valence-electron chi connectivity index (χ0n) is 16.5. The molecule has 2 aromatic rings. The molecule has 166 valence electrons. The van der Waals surface area contributed by atoms with Crippen LogP contribution in [0.1, 0.15) is 21.9 Å². The lowest BCUT2D eigenvalue weighted by Crippen LogP contribution is -2.74. The highest BCUT2D eigenvalue weighted by Gasteiger charge is 2.60. The fraction of sp³-hybridized carbons (Fsp3) is 0.238. The number of amides is 2. The van der Waals surface area contributed by atoms with Crippen LogP contribution in [0.2, 0.25) is 0 Å². The van der Waals surface area contributed by atoms with Gasteiger partial charge in [0.2, 0.25) is 17.0 Å². The number of aromatic carboxylic acids is 1. The maximum absolute atomic E-state index is 12.8. The highest BCUT2D eigenvalue weighted by molar-refractivity contribution is 7.92. The fourth-order valence-corrected chi connectivity index (χ4v) is 5.48. The molecule has 1 unspecified atom stereocenters. The van der Waals surface area contributed by atoms with E-state index in [-0.39, 0.29) is 41.4 Å². The first-order chi connectivity index (χ1) is 15.3. The smallest absolute Gasteiger partial charge is 0.371 e. The van der Waals surface area contributed by atoms with Crippen LogP contribution in [-0.4, -0.2) is 60.6 Å². The van der Waals surface area contributed by atoms with Crippen molar-refractivity contribution in [1.82, 2.24) is 10.2 Å². The third kappa shape index (κ3) is 3.99. The molecule has 1 fully saturated rings. The van der Waals surface area contributed by atoms with E-state index >= 15 is 0 Å². The van der Waals surface area contributed by atoms with Crippen molar-refractivity contribution in [2.24, 2.45) is 0 Å². The molecule has 11 heteroatoms. The topological polar surface area (TPSA) is 160 Å². The van der Waals surface area contributed by atoms with Gasteiger partial charge in [-0.25, -0.2) is 9.59 Å². The normalized spacial score (nSPS) is 22.2. The summed E-state index contributed by atoms with van der Waals surface area (Å²) in [6.45, 7) is 0. The van der Waals surface area contributed by atoms with Gasteiger partial charge in [-0.15, -0.1) is 0 Å². The van der Waals surface area contributed by atoms with Gasteiger partial charge in [0, 0.05) is 12.0 Å². The van der Waals surface area contributed by atoms with Crippen LogP contribution >= 0.6 is 0 Å². The monoisotopic (exact) mass is 458 g/mol. The van der Waals surface area contributed by atoms with Crippen LogP contribution in [0, 0.1) is 0 Å². The number of nitrogens with zero attached hydrogens (tertiary/aromatic N) is 1. The maximum Gasteiger partial charge on any atom is 0.371 e. The maximum atomic E-state index is 12.8. The number of β-lactam (4-membered cyclic amide) rings is 1. The lowest BCUT2D eigenvalue weighted by atomic mass is 10.0. The third-order valence-electron chi connectivity index (χ3n) is 5.19. The molecule has 3 heterocycles. The Kier molecular flexibility index (Phi) is 5.76. The van der Waals surface area contributed by atoms with Crippen molar-refractivity contribution in [3.8, 4) is 0 Å². The first kappa shape index (κ1) is 21.7. The van der Waals surface area contributed by atoms with Crippen molar-refractivity contribution < 1.29 is 38.4 Å². The van der Waals surface area contributed by atoms with Crippen molar-refractivity contribution in [2.75, 3.05) is 5.75 Å². The molecule has 1 saturated heterocycles. The van der Waals surface area contributed by atoms with Gasteiger partial charge in [0.25, 0.3) is 5.91 Å². The number of carboxylic acid groups (broad SMARTS) is 2. The molecule has 0 radical (unpaired) electrons. The predicted octanol–water partition coefficient (Wildman–Crippen LogP) is 0.517. The van der Waals surface area contributed by atoms with E-state index in [1.807, 2.05) is 6.07 Å². The highest BCUT2D eigenvalue weighted by atomic mass is 32.2. The number of carbonyl (C=O) groups is 4. The minimum absolute atomic E-state index is 0.0290. The summed E-state index contributed by atoms with van der Waals surface area (Å²) in [5.74, 6) is -4.04. The van der Waals surface area contributed by atoms with Crippen LogP contribution in [0.15, 0.2) is 58.2 Å². The second kappa shape index (κ2) is 8.52. The molecule has 3 atom stereocenters. The van der Waals surface area contributed by atoms with E-state index in [4.69, 9.17) is 9.52 Å². The van der Waals surface area contributed by atoms with Crippen LogP contribution in [0.4, 0.5) is 0 Å². The SMILES string of the molecule is O=C(Cc1ccccc1)N[C@@H]1C(=O)N2C(C(=O)O)=C(Cc3ccc(C(=O)O)o3)C[S+]([O-])[C@@H]12. The molecule has 2 aliphatic heterocycles. The number of hydrogen-bond acceptors (Lipinski definition) is 6. The molecular formula is C21H18N2O8S. The lowest BCUT2D eigenvalue weighted by Gasteiger charge is -2.49. The minimum Gasteiger partial charge on any atom is -0.614 e. The Balaban J connectivity index is 1.52. The Bertz CT molecular complexity index is 1130. The van der Waals surface area contributed by atoms with Crippen LogP contribution in [0.3, 0.4) is 0 Å². The summed E-state index contributed by atoms with van der Waals surface area (Å²) < 4.78 is 18.0. The van der Waals surface area contributed by atoms with E-state index in [0.29, 0.717) is 0 Å². The fourth-order valence-electron chi connectivity index (χ4n) is 3.79. The van der Waals surface area contributed by atoms with Crippen LogP contribution in [0.5, 0.6) is 0 Å². The molecule has 0 bridgehead atoms. The van der Waals surface area contributed by atoms with E-state index in [1.165, 1.54) is 12.1 Å². The van der Waals surface area contributed by atoms with Gasteiger partial charge < -0.3 is 24.5 Å². The van der Waals surface area contributed by atoms with E-state index in [9.17, 15) is 28.8 Å². The van der Waals surface area contributed by atoms with E-state index in [1.54, 1.807) is 24.3 Å². The van der Waals surface area contributed by atoms with Gasteiger partial charge in [-0.05, 0) is 28.9 Å². The first-order valence-electron chi connectivity index (χ1n) is 9.57. The molecule has 32 heavy (non-hydrogen) atoms. The lowest BCUT2D eigenvalue weighted by molar-refractivity contribution is -0.151. The van der Waals surface area contributed by atoms with Gasteiger partial charge in [0.15, 0.2) is 6.04 Å². The summed E-state index contributed by atoms with van der Waals surface area (Å²) in [5.41, 5.74) is 0.605. The van der Waals surface area contributed by atoms with Crippen LogP contribution in [-0.2, 0) is 38.4 Å². The largest absolute Gasteiger partial charge is 0.614 e. The molecule has 2 amide bonds. The Hall–Kier alpha value is -3.57. The summed E-state index contributed by atoms with van der Waals surface area (Å²) in [6, 6.07) is 10.4. The number of aliphatic carboxylic acids is 1. The molecule has 0 aliphatic carbocycles. The predicted molar refractivity (Wildman–Crippen MR) is 110 cm³/mol. The molecule has 2 aliphatic rings. The second-order valence-corrected chi connectivity index (χ2v) is 8.87. The summed E-state index contributed by atoms with van der Waals surface area (Å²) in [6.07, 6.45) is -0.0799. The average Bonchev–Trinajstić information content (AvgIpc) is 3.21. The van der Waals surface area contributed by atoms with E-state index < -0.39 is 46.3 Å². The molecule has 1 aromatic heterocycles. The van der Waals surface area contributed by atoms with Gasteiger partial charge in [-0.1, -0.05) is 30.3 Å². The van der Waals surface area contributed by atoms with Gasteiger partial charge in [0.05, 0.1) is 6.42 Å². The van der Waals surface area contributed by atoms with Gasteiger partial charge in [-0.3, -0.25) is 14.5 Å². The first-order valence-corrected chi connectivity index (χ1v) is 11.0. The Morgan fingerprint density at radius 3 is 2.47 bits per heavy atom.